The van der Waals surface area contributed by atoms with E-state index in [9.17, 15) is 0 Å². The molecule has 0 aliphatic carbocycles. The van der Waals surface area contributed by atoms with Crippen LogP contribution in [0, 0.1) is 10.8 Å². The molecular weight excluding hydrogens is 395 g/mol. The number of azo groups is 1. The summed E-state index contributed by atoms with van der Waals surface area (Å²) in [4.78, 5) is 0. The molecule has 0 atom stereocenters. The Bertz CT molecular complexity index is 797. The van der Waals surface area contributed by atoms with Crippen molar-refractivity contribution in [2.45, 2.75) is 38.8 Å². The van der Waals surface area contributed by atoms with Crippen LogP contribution < -0.4 is 10.6 Å². The molecule has 0 saturated heterocycles. The van der Waals surface area contributed by atoms with E-state index in [0.717, 1.165) is 11.4 Å². The summed E-state index contributed by atoms with van der Waals surface area (Å²) >= 11 is 11.8. The number of nitrogens with zero attached hydrogens (tertiary/aromatic N) is 2. The monoisotopic (exact) mass is 418 g/mol. The van der Waals surface area contributed by atoms with Gasteiger partial charge in [-0.05, 0) is 76.2 Å². The number of hydrogen-bond donors (Lipinski definition) is 4. The number of benzene rings is 2. The highest BCUT2D eigenvalue weighted by atomic mass is 35.5. The summed E-state index contributed by atoms with van der Waals surface area (Å²) in [6, 6.07) is 14.2. The molecule has 0 fully saturated rings. The second-order valence-corrected chi connectivity index (χ2v) is 8.20. The Labute approximate surface area is 175 Å². The zero-order chi connectivity index (χ0) is 20.9. The van der Waals surface area contributed by atoms with Crippen LogP contribution in [0.1, 0.15) is 27.7 Å². The van der Waals surface area contributed by atoms with Crippen molar-refractivity contribution >= 4 is 46.2 Å². The standard InChI is InChI=1S/C20H24Cl2N6/c1-19(2,17(23)25-15-9-5-13(21)6-10-15)27-28-20(3,4)18(24)26-16-11-7-14(22)8-12-16/h5-12H,1-4H3,(H2,23,25)(H2,24,26)/b28-27+. The van der Waals surface area contributed by atoms with Crippen LogP contribution >= 0.6 is 23.2 Å². The van der Waals surface area contributed by atoms with E-state index >= 15 is 0 Å². The third-order valence-electron chi connectivity index (χ3n) is 4.00. The Morgan fingerprint density at radius 1 is 0.679 bits per heavy atom. The Hall–Kier alpha value is -2.44. The minimum Gasteiger partial charge on any atom is -0.342 e. The van der Waals surface area contributed by atoms with Gasteiger partial charge in [0.2, 0.25) is 0 Å². The van der Waals surface area contributed by atoms with Crippen LogP contribution in [0.2, 0.25) is 10.0 Å². The molecule has 2 aromatic rings. The Morgan fingerprint density at radius 3 is 1.25 bits per heavy atom. The minimum atomic E-state index is -0.891. The van der Waals surface area contributed by atoms with Gasteiger partial charge in [0.25, 0.3) is 0 Å². The minimum absolute atomic E-state index is 0.187. The van der Waals surface area contributed by atoms with Crippen molar-refractivity contribution in [3.05, 3.63) is 58.6 Å². The van der Waals surface area contributed by atoms with E-state index in [2.05, 4.69) is 20.9 Å². The normalized spacial score (nSPS) is 12.1. The molecular formula is C20H24Cl2N6. The predicted octanol–water partition coefficient (Wildman–Crippen LogP) is 6.48. The van der Waals surface area contributed by atoms with E-state index < -0.39 is 11.1 Å². The molecule has 0 bridgehead atoms. The number of hydrogen-bond acceptors (Lipinski definition) is 4. The molecule has 6 nitrogen and oxygen atoms in total. The van der Waals surface area contributed by atoms with Crippen molar-refractivity contribution in [3.8, 4) is 0 Å². The van der Waals surface area contributed by atoms with Crippen molar-refractivity contribution in [2.75, 3.05) is 10.6 Å². The lowest BCUT2D eigenvalue weighted by molar-refractivity contribution is 0.561. The van der Waals surface area contributed by atoms with Gasteiger partial charge in [-0.25, -0.2) is 0 Å². The summed E-state index contributed by atoms with van der Waals surface area (Å²) in [5.41, 5.74) is -0.294. The van der Waals surface area contributed by atoms with Crippen LogP contribution in [0.4, 0.5) is 11.4 Å². The smallest absolute Gasteiger partial charge is 0.133 e. The Balaban J connectivity index is 2.05. The van der Waals surface area contributed by atoms with Crippen molar-refractivity contribution in [1.29, 1.82) is 10.8 Å². The van der Waals surface area contributed by atoms with Gasteiger partial charge in [-0.15, -0.1) is 0 Å². The molecule has 0 amide bonds. The van der Waals surface area contributed by atoms with Gasteiger partial charge in [0.05, 0.1) is 0 Å². The summed E-state index contributed by atoms with van der Waals surface area (Å²) in [6.45, 7) is 7.14. The number of nitrogens with one attached hydrogen (secondary N) is 4. The average molecular weight is 419 g/mol. The zero-order valence-corrected chi connectivity index (χ0v) is 17.8. The molecule has 0 saturated carbocycles. The van der Waals surface area contributed by atoms with Gasteiger partial charge in [-0.1, -0.05) is 23.2 Å². The number of rotatable bonds is 6. The average Bonchev–Trinajstić information content (AvgIpc) is 2.64. The quantitative estimate of drug-likeness (QED) is 0.245. The molecule has 8 heteroatoms. The molecule has 0 aliphatic rings. The molecule has 0 radical (unpaired) electrons. The zero-order valence-electron chi connectivity index (χ0n) is 16.3. The molecule has 4 N–H and O–H groups in total. The summed E-state index contributed by atoms with van der Waals surface area (Å²) in [5.74, 6) is 0.373. The fourth-order valence-electron chi connectivity index (χ4n) is 2.01. The SMILES string of the molecule is CC(C)(/N=N/C(C)(C)C(=N)Nc1ccc(Cl)cc1)C(=N)Nc1ccc(Cl)cc1. The second kappa shape index (κ2) is 8.71. The lowest BCUT2D eigenvalue weighted by Crippen LogP contribution is -2.38. The maximum Gasteiger partial charge on any atom is 0.133 e. The maximum absolute atomic E-state index is 8.32. The molecule has 0 aromatic heterocycles. The molecule has 2 aromatic carbocycles. The fourth-order valence-corrected chi connectivity index (χ4v) is 2.26. The summed E-state index contributed by atoms with van der Waals surface area (Å²) in [7, 11) is 0. The molecule has 0 unspecified atom stereocenters. The first-order valence-corrected chi connectivity index (χ1v) is 9.42. The highest BCUT2D eigenvalue weighted by Gasteiger charge is 2.28. The third-order valence-corrected chi connectivity index (χ3v) is 4.50. The van der Waals surface area contributed by atoms with E-state index in [1.807, 2.05) is 0 Å². The van der Waals surface area contributed by atoms with Crippen LogP contribution in [0.3, 0.4) is 0 Å². The van der Waals surface area contributed by atoms with E-state index in [1.165, 1.54) is 0 Å². The first-order chi connectivity index (χ1) is 13.0. The first-order valence-electron chi connectivity index (χ1n) is 8.67. The lowest BCUT2D eigenvalue weighted by atomic mass is 10.0. The molecule has 0 heterocycles. The highest BCUT2D eigenvalue weighted by Crippen LogP contribution is 2.22. The van der Waals surface area contributed by atoms with Crippen LogP contribution in [-0.4, -0.2) is 22.7 Å². The highest BCUT2D eigenvalue weighted by molar-refractivity contribution is 6.31. The molecule has 0 aliphatic heterocycles. The van der Waals surface area contributed by atoms with Crippen LogP contribution in [0.15, 0.2) is 58.8 Å². The van der Waals surface area contributed by atoms with Crippen LogP contribution in [0.5, 0.6) is 0 Å². The van der Waals surface area contributed by atoms with Gasteiger partial charge < -0.3 is 10.6 Å². The van der Waals surface area contributed by atoms with Crippen molar-refractivity contribution in [2.24, 2.45) is 10.2 Å². The van der Waals surface area contributed by atoms with Gasteiger partial charge in [0, 0.05) is 21.4 Å². The van der Waals surface area contributed by atoms with Crippen molar-refractivity contribution < 1.29 is 0 Å². The number of halogens is 2. The largest absolute Gasteiger partial charge is 0.342 e. The van der Waals surface area contributed by atoms with Crippen LogP contribution in [0.25, 0.3) is 0 Å². The summed E-state index contributed by atoms with van der Waals surface area (Å²) in [5, 5.41) is 32.6. The van der Waals surface area contributed by atoms with E-state index in [0.29, 0.717) is 10.0 Å². The summed E-state index contributed by atoms with van der Waals surface area (Å²) < 4.78 is 0. The molecule has 28 heavy (non-hydrogen) atoms. The Kier molecular flexibility index (Phi) is 6.80. The predicted molar refractivity (Wildman–Crippen MR) is 119 cm³/mol. The van der Waals surface area contributed by atoms with Gasteiger partial charge >= 0.3 is 0 Å². The maximum atomic E-state index is 8.32. The molecule has 2 rings (SSSR count). The Morgan fingerprint density at radius 2 is 0.964 bits per heavy atom. The van der Waals surface area contributed by atoms with Crippen molar-refractivity contribution in [1.82, 2.24) is 0 Å². The summed E-state index contributed by atoms with van der Waals surface area (Å²) in [6.07, 6.45) is 0. The topological polar surface area (TPSA) is 96.5 Å². The van der Waals surface area contributed by atoms with Crippen molar-refractivity contribution in [3.63, 3.8) is 0 Å². The van der Waals surface area contributed by atoms with Gasteiger partial charge in [0.15, 0.2) is 0 Å². The van der Waals surface area contributed by atoms with E-state index in [4.69, 9.17) is 34.0 Å². The van der Waals surface area contributed by atoms with Gasteiger partial charge in [0.1, 0.15) is 22.7 Å². The van der Waals surface area contributed by atoms with E-state index in [-0.39, 0.29) is 11.7 Å². The van der Waals surface area contributed by atoms with E-state index in [1.54, 1.807) is 76.2 Å². The molecule has 0 spiro atoms. The third kappa shape index (κ3) is 6.04. The molecule has 148 valence electrons. The van der Waals surface area contributed by atoms with Crippen LogP contribution in [-0.2, 0) is 0 Å². The number of amidine groups is 2. The first kappa shape index (κ1) is 21.9. The second-order valence-electron chi connectivity index (χ2n) is 7.33. The fraction of sp³-hybridized carbons (Fsp3) is 0.300. The lowest BCUT2D eigenvalue weighted by Gasteiger charge is -2.25. The van der Waals surface area contributed by atoms with Gasteiger partial charge in [-0.2, -0.15) is 10.2 Å². The number of anilines is 2. The van der Waals surface area contributed by atoms with Gasteiger partial charge in [-0.3, -0.25) is 10.8 Å².